The molecule has 4 rings (SSSR count). The normalized spacial score (nSPS) is 15.6. The van der Waals surface area contributed by atoms with E-state index in [9.17, 15) is 0 Å². The first-order valence-electron chi connectivity index (χ1n) is 9.41. The second-order valence-electron chi connectivity index (χ2n) is 6.98. The topological polar surface area (TPSA) is 17.4 Å². The Morgan fingerprint density at radius 3 is 2.54 bits per heavy atom. The Kier molecular flexibility index (Phi) is 5.59. The number of benzene rings is 2. The number of fused-ring (bicyclic) bond motifs is 1. The summed E-state index contributed by atoms with van der Waals surface area (Å²) in [5.41, 5.74) is 4.03. The highest BCUT2D eigenvalue weighted by atomic mass is 35.5. The Morgan fingerprint density at radius 2 is 1.73 bits per heavy atom. The van der Waals surface area contributed by atoms with Gasteiger partial charge in [-0.3, -0.25) is 4.90 Å². The van der Waals surface area contributed by atoms with Gasteiger partial charge in [0.05, 0.1) is 13.2 Å². The molecule has 2 aromatic carbocycles. The number of para-hydroxylation sites is 1. The van der Waals surface area contributed by atoms with Crippen molar-refractivity contribution in [1.29, 1.82) is 0 Å². The molecule has 0 spiro atoms. The average molecular weight is 369 g/mol. The summed E-state index contributed by atoms with van der Waals surface area (Å²) in [5.74, 6) is 0. The summed E-state index contributed by atoms with van der Waals surface area (Å²) in [6.45, 7) is 5.92. The van der Waals surface area contributed by atoms with E-state index in [0.717, 1.165) is 50.8 Å². The first kappa shape index (κ1) is 17.6. The van der Waals surface area contributed by atoms with Gasteiger partial charge in [-0.15, -0.1) is 0 Å². The molecule has 0 aliphatic carbocycles. The van der Waals surface area contributed by atoms with Crippen molar-refractivity contribution in [2.75, 3.05) is 32.8 Å². The zero-order valence-corrected chi connectivity index (χ0v) is 15.8. The van der Waals surface area contributed by atoms with E-state index in [2.05, 4.69) is 52.1 Å². The fourth-order valence-electron chi connectivity index (χ4n) is 3.76. The lowest BCUT2D eigenvalue weighted by atomic mass is 10.1. The summed E-state index contributed by atoms with van der Waals surface area (Å²) >= 11 is 6.02. The Bertz CT molecular complexity index is 850. The molecule has 3 nitrogen and oxygen atoms in total. The first-order chi connectivity index (χ1) is 12.8. The fraction of sp³-hybridized carbons (Fsp3) is 0.364. The van der Waals surface area contributed by atoms with Crippen LogP contribution in [0.4, 0.5) is 0 Å². The Balaban J connectivity index is 1.49. The lowest BCUT2D eigenvalue weighted by molar-refractivity contribution is 0.0375. The number of nitrogens with zero attached hydrogens (tertiary/aromatic N) is 2. The largest absolute Gasteiger partial charge is 0.379 e. The summed E-state index contributed by atoms with van der Waals surface area (Å²) in [6.07, 6.45) is 4.64. The van der Waals surface area contributed by atoms with Crippen molar-refractivity contribution in [1.82, 2.24) is 9.47 Å². The number of ether oxygens (including phenoxy) is 1. The molecule has 1 aliphatic heterocycles. The van der Waals surface area contributed by atoms with Crippen molar-refractivity contribution >= 4 is 22.5 Å². The Morgan fingerprint density at radius 1 is 0.962 bits per heavy atom. The van der Waals surface area contributed by atoms with Crippen molar-refractivity contribution in [2.24, 2.45) is 0 Å². The molecule has 1 saturated heterocycles. The number of aryl methyl sites for hydroxylation is 1. The van der Waals surface area contributed by atoms with Crippen LogP contribution in [0, 0.1) is 0 Å². The maximum Gasteiger partial charge on any atom is 0.0594 e. The van der Waals surface area contributed by atoms with Crippen LogP contribution >= 0.6 is 11.6 Å². The molecule has 1 aromatic heterocycles. The van der Waals surface area contributed by atoms with Crippen LogP contribution in [0.5, 0.6) is 0 Å². The van der Waals surface area contributed by atoms with Crippen LogP contribution in [0.2, 0.25) is 5.02 Å². The van der Waals surface area contributed by atoms with E-state index in [0.29, 0.717) is 0 Å². The third-order valence-corrected chi connectivity index (χ3v) is 5.41. The van der Waals surface area contributed by atoms with E-state index in [4.69, 9.17) is 16.3 Å². The van der Waals surface area contributed by atoms with Crippen molar-refractivity contribution in [2.45, 2.75) is 19.4 Å². The third kappa shape index (κ3) is 4.12. The smallest absolute Gasteiger partial charge is 0.0594 e. The van der Waals surface area contributed by atoms with Crippen molar-refractivity contribution in [3.8, 4) is 0 Å². The van der Waals surface area contributed by atoms with Crippen LogP contribution in [0.3, 0.4) is 0 Å². The molecule has 0 N–H and O–H groups in total. The molecule has 0 radical (unpaired) electrons. The van der Waals surface area contributed by atoms with Crippen molar-refractivity contribution in [3.63, 3.8) is 0 Å². The lowest BCUT2D eigenvalue weighted by Gasteiger charge is -2.26. The summed E-state index contributed by atoms with van der Waals surface area (Å²) in [4.78, 5) is 2.51. The second kappa shape index (κ2) is 8.26. The highest BCUT2D eigenvalue weighted by molar-refractivity contribution is 6.30. The highest BCUT2D eigenvalue weighted by Crippen LogP contribution is 2.24. The molecule has 2 heterocycles. The maximum atomic E-state index is 6.02. The average Bonchev–Trinajstić information content (AvgIpc) is 3.02. The quantitative estimate of drug-likeness (QED) is 0.632. The van der Waals surface area contributed by atoms with Gasteiger partial charge in [-0.25, -0.2) is 0 Å². The van der Waals surface area contributed by atoms with Gasteiger partial charge in [0.25, 0.3) is 0 Å². The molecule has 1 fully saturated rings. The van der Waals surface area contributed by atoms with Gasteiger partial charge in [-0.1, -0.05) is 41.9 Å². The minimum Gasteiger partial charge on any atom is -0.379 e. The SMILES string of the molecule is Clc1ccc(Cn2cc(CCCN3CCOCC3)c3ccccc32)cc1. The predicted octanol–water partition coefficient (Wildman–Crippen LogP) is 4.61. The number of hydrogen-bond donors (Lipinski definition) is 0. The van der Waals surface area contributed by atoms with Crippen LogP contribution in [0.25, 0.3) is 10.9 Å². The van der Waals surface area contributed by atoms with Crippen molar-refractivity contribution in [3.05, 3.63) is 70.9 Å². The molecule has 0 atom stereocenters. The monoisotopic (exact) mass is 368 g/mol. The van der Waals surface area contributed by atoms with Gasteiger partial charge in [0.1, 0.15) is 0 Å². The van der Waals surface area contributed by atoms with E-state index < -0.39 is 0 Å². The first-order valence-corrected chi connectivity index (χ1v) is 9.79. The minimum atomic E-state index is 0.787. The molecule has 136 valence electrons. The summed E-state index contributed by atoms with van der Waals surface area (Å²) in [6, 6.07) is 16.9. The molecular weight excluding hydrogens is 344 g/mol. The Hall–Kier alpha value is -1.81. The van der Waals surface area contributed by atoms with Crippen LogP contribution in [0.15, 0.2) is 54.7 Å². The number of rotatable bonds is 6. The van der Waals surface area contributed by atoms with E-state index in [1.165, 1.54) is 28.5 Å². The second-order valence-corrected chi connectivity index (χ2v) is 7.42. The molecule has 0 amide bonds. The zero-order valence-electron chi connectivity index (χ0n) is 15.0. The molecule has 26 heavy (non-hydrogen) atoms. The molecule has 0 unspecified atom stereocenters. The molecule has 4 heteroatoms. The summed E-state index contributed by atoms with van der Waals surface area (Å²) in [7, 11) is 0. The number of halogens is 1. The third-order valence-electron chi connectivity index (χ3n) is 5.16. The number of aromatic nitrogens is 1. The van der Waals surface area contributed by atoms with Crippen LogP contribution in [-0.2, 0) is 17.7 Å². The predicted molar refractivity (Wildman–Crippen MR) is 108 cm³/mol. The molecular formula is C22H25ClN2O. The van der Waals surface area contributed by atoms with E-state index >= 15 is 0 Å². The van der Waals surface area contributed by atoms with Crippen LogP contribution < -0.4 is 0 Å². The van der Waals surface area contributed by atoms with Gasteiger partial charge in [-0.2, -0.15) is 0 Å². The summed E-state index contributed by atoms with van der Waals surface area (Å²) < 4.78 is 7.80. The zero-order chi connectivity index (χ0) is 17.8. The molecule has 3 aromatic rings. The number of morpholine rings is 1. The molecule has 0 saturated carbocycles. The molecule has 0 bridgehead atoms. The van der Waals surface area contributed by atoms with Gasteiger partial charge in [-0.05, 0) is 48.7 Å². The van der Waals surface area contributed by atoms with E-state index in [1.54, 1.807) is 0 Å². The lowest BCUT2D eigenvalue weighted by Crippen LogP contribution is -2.36. The molecule has 1 aliphatic rings. The minimum absolute atomic E-state index is 0.787. The number of hydrogen-bond acceptors (Lipinski definition) is 2. The van der Waals surface area contributed by atoms with Crippen LogP contribution in [-0.4, -0.2) is 42.3 Å². The summed E-state index contributed by atoms with van der Waals surface area (Å²) in [5, 5.41) is 2.17. The van der Waals surface area contributed by atoms with E-state index in [1.807, 2.05) is 12.1 Å². The maximum absolute atomic E-state index is 6.02. The van der Waals surface area contributed by atoms with E-state index in [-0.39, 0.29) is 0 Å². The van der Waals surface area contributed by atoms with Gasteiger partial charge in [0.15, 0.2) is 0 Å². The van der Waals surface area contributed by atoms with Gasteiger partial charge >= 0.3 is 0 Å². The van der Waals surface area contributed by atoms with Crippen LogP contribution in [0.1, 0.15) is 17.5 Å². The fourth-order valence-corrected chi connectivity index (χ4v) is 3.88. The van der Waals surface area contributed by atoms with Gasteiger partial charge < -0.3 is 9.30 Å². The standard InChI is InChI=1S/C22H25ClN2O/c23-20-9-7-18(8-10-20)16-25-17-19(21-5-1-2-6-22(21)25)4-3-11-24-12-14-26-15-13-24/h1-2,5-10,17H,3-4,11-16H2. The Labute approximate surface area is 160 Å². The van der Waals surface area contributed by atoms with Gasteiger partial charge in [0, 0.05) is 41.8 Å². The highest BCUT2D eigenvalue weighted by Gasteiger charge is 2.12. The van der Waals surface area contributed by atoms with Gasteiger partial charge in [0.2, 0.25) is 0 Å². The van der Waals surface area contributed by atoms with Crippen molar-refractivity contribution < 1.29 is 4.74 Å².